The highest BCUT2D eigenvalue weighted by atomic mass is 35.5. The fraction of sp³-hybridized carbons (Fsp3) is 0.562. The molecule has 0 unspecified atom stereocenters. The van der Waals surface area contributed by atoms with Crippen molar-refractivity contribution in [3.8, 4) is 0 Å². The molecule has 1 aromatic carbocycles. The molecule has 2 N–H and O–H groups in total. The second kappa shape index (κ2) is 8.24. The number of nitrogens with one attached hydrogen (secondary N) is 2. The normalized spacial score (nSPS) is 17.3. The van der Waals surface area contributed by atoms with E-state index in [-0.39, 0.29) is 28.5 Å². The second-order valence-corrected chi connectivity index (χ2v) is 7.96. The first-order valence-electron chi connectivity index (χ1n) is 7.70. The summed E-state index contributed by atoms with van der Waals surface area (Å²) in [7, 11) is -3.58. The van der Waals surface area contributed by atoms with E-state index in [1.807, 2.05) is 0 Å². The molecule has 1 aliphatic heterocycles. The average molecular weight is 361 g/mol. The minimum atomic E-state index is -3.58. The number of hydrogen-bond donors (Lipinski definition) is 2. The summed E-state index contributed by atoms with van der Waals surface area (Å²) >= 11 is 0. The van der Waals surface area contributed by atoms with Crippen LogP contribution in [0.1, 0.15) is 43.5 Å². The van der Waals surface area contributed by atoms with E-state index in [1.54, 1.807) is 19.1 Å². The molecule has 0 radical (unpaired) electrons. The zero-order chi connectivity index (χ0) is 16.2. The van der Waals surface area contributed by atoms with E-state index in [9.17, 15) is 13.2 Å². The summed E-state index contributed by atoms with van der Waals surface area (Å²) in [6.07, 6.45) is 2.26. The predicted octanol–water partition coefficient (Wildman–Crippen LogP) is 2.37. The molecule has 0 spiro atoms. The van der Waals surface area contributed by atoms with Crippen molar-refractivity contribution < 1.29 is 13.2 Å². The number of Topliss-reactive ketones (excluding diaryl/α,β-unsaturated/α-hetero) is 1. The summed E-state index contributed by atoms with van der Waals surface area (Å²) in [5.74, 6) is -0.0534. The minimum Gasteiger partial charge on any atom is -0.317 e. The number of piperidine rings is 1. The van der Waals surface area contributed by atoms with Crippen LogP contribution in [0.2, 0.25) is 0 Å². The third-order valence-electron chi connectivity index (χ3n) is 4.29. The lowest BCUT2D eigenvalue weighted by molar-refractivity contribution is 0.0988. The molecule has 0 aliphatic carbocycles. The van der Waals surface area contributed by atoms with Gasteiger partial charge < -0.3 is 5.32 Å². The zero-order valence-corrected chi connectivity index (χ0v) is 15.2. The first kappa shape index (κ1) is 20.1. The molecule has 130 valence electrons. The monoisotopic (exact) mass is 360 g/mol. The number of hydrogen-bond acceptors (Lipinski definition) is 4. The summed E-state index contributed by atoms with van der Waals surface area (Å²) in [5.41, 5.74) is 0.424. The van der Waals surface area contributed by atoms with Crippen molar-refractivity contribution in [3.63, 3.8) is 0 Å². The van der Waals surface area contributed by atoms with Crippen molar-refractivity contribution in [2.45, 2.75) is 38.0 Å². The van der Waals surface area contributed by atoms with E-state index in [0.29, 0.717) is 18.5 Å². The number of rotatable bonds is 6. The Kier molecular flexibility index (Phi) is 7.20. The van der Waals surface area contributed by atoms with Gasteiger partial charge in [-0.15, -0.1) is 12.4 Å². The third-order valence-corrected chi connectivity index (χ3v) is 5.69. The molecule has 1 saturated heterocycles. The van der Waals surface area contributed by atoms with Gasteiger partial charge in [0.2, 0.25) is 10.0 Å². The Hall–Kier alpha value is -0.950. The topological polar surface area (TPSA) is 75.3 Å². The van der Waals surface area contributed by atoms with Crippen molar-refractivity contribution in [2.75, 3.05) is 19.6 Å². The molecule has 1 aliphatic rings. The molecule has 0 aromatic heterocycles. The molecule has 0 saturated carbocycles. The quantitative estimate of drug-likeness (QED) is 0.764. The van der Waals surface area contributed by atoms with Gasteiger partial charge in [-0.1, -0.05) is 26.0 Å². The van der Waals surface area contributed by atoms with Crippen molar-refractivity contribution in [1.82, 2.24) is 10.0 Å². The highest BCUT2D eigenvalue weighted by Gasteiger charge is 2.28. The van der Waals surface area contributed by atoms with Crippen molar-refractivity contribution in [3.05, 3.63) is 29.8 Å². The van der Waals surface area contributed by atoms with Gasteiger partial charge >= 0.3 is 0 Å². The van der Waals surface area contributed by atoms with E-state index >= 15 is 0 Å². The maximum absolute atomic E-state index is 12.4. The van der Waals surface area contributed by atoms with Crippen LogP contribution >= 0.6 is 12.4 Å². The van der Waals surface area contributed by atoms with Crippen LogP contribution in [0.25, 0.3) is 0 Å². The first-order chi connectivity index (χ1) is 10.4. The Morgan fingerprint density at radius 1 is 1.30 bits per heavy atom. The van der Waals surface area contributed by atoms with Crippen LogP contribution in [0.3, 0.4) is 0 Å². The number of carbonyl (C=O) groups is 1. The fourth-order valence-corrected chi connectivity index (χ4v) is 3.85. The van der Waals surface area contributed by atoms with Crippen LogP contribution in [0, 0.1) is 5.41 Å². The van der Waals surface area contributed by atoms with Gasteiger partial charge in [0.25, 0.3) is 0 Å². The van der Waals surface area contributed by atoms with Gasteiger partial charge in [-0.05, 0) is 43.5 Å². The molecule has 0 bridgehead atoms. The van der Waals surface area contributed by atoms with E-state index in [2.05, 4.69) is 17.0 Å². The van der Waals surface area contributed by atoms with E-state index in [0.717, 1.165) is 25.9 Å². The Bertz CT molecular complexity index is 640. The molecule has 23 heavy (non-hydrogen) atoms. The van der Waals surface area contributed by atoms with Crippen molar-refractivity contribution >= 4 is 28.2 Å². The summed E-state index contributed by atoms with van der Waals surface area (Å²) in [6.45, 7) is 6.12. The Labute approximate surface area is 144 Å². The highest BCUT2D eigenvalue weighted by molar-refractivity contribution is 7.89. The molecule has 0 amide bonds. The van der Waals surface area contributed by atoms with Gasteiger partial charge in [-0.2, -0.15) is 0 Å². The SMILES string of the molecule is CCC(=O)c1cccc(S(=O)(=O)NCC2(C)CCNCC2)c1.Cl. The van der Waals surface area contributed by atoms with E-state index in [4.69, 9.17) is 0 Å². The largest absolute Gasteiger partial charge is 0.317 e. The Balaban J connectivity index is 0.00000264. The maximum atomic E-state index is 12.4. The number of ketones is 1. The van der Waals surface area contributed by atoms with Crippen LogP contribution in [0.4, 0.5) is 0 Å². The van der Waals surface area contributed by atoms with Crippen LogP contribution in [-0.2, 0) is 10.0 Å². The summed E-state index contributed by atoms with van der Waals surface area (Å²) in [6, 6.07) is 6.25. The van der Waals surface area contributed by atoms with Crippen LogP contribution in [0.5, 0.6) is 0 Å². The molecule has 7 heteroatoms. The van der Waals surface area contributed by atoms with Gasteiger partial charge in [0.15, 0.2) is 5.78 Å². The van der Waals surface area contributed by atoms with Crippen LogP contribution in [0.15, 0.2) is 29.2 Å². The van der Waals surface area contributed by atoms with Gasteiger partial charge in [0, 0.05) is 18.5 Å². The standard InChI is InChI=1S/C16H24N2O3S.ClH/c1-3-15(19)13-5-4-6-14(11-13)22(20,21)18-12-16(2)7-9-17-10-8-16;/h4-6,11,17-18H,3,7-10,12H2,1-2H3;1H. The zero-order valence-electron chi connectivity index (χ0n) is 13.6. The lowest BCUT2D eigenvalue weighted by Gasteiger charge is -2.34. The van der Waals surface area contributed by atoms with E-state index < -0.39 is 10.0 Å². The summed E-state index contributed by atoms with van der Waals surface area (Å²) in [5, 5.41) is 3.28. The Morgan fingerprint density at radius 3 is 2.57 bits per heavy atom. The predicted molar refractivity (Wildman–Crippen MR) is 93.7 cm³/mol. The molecule has 1 aromatic rings. The molecule has 2 rings (SSSR count). The molecular weight excluding hydrogens is 336 g/mol. The van der Waals surface area contributed by atoms with Crippen LogP contribution in [-0.4, -0.2) is 33.8 Å². The van der Waals surface area contributed by atoms with Crippen LogP contribution < -0.4 is 10.0 Å². The van der Waals surface area contributed by atoms with Gasteiger partial charge in [0.05, 0.1) is 4.90 Å². The fourth-order valence-electron chi connectivity index (χ4n) is 2.60. The molecule has 1 fully saturated rings. The molecule has 0 atom stereocenters. The number of sulfonamides is 1. The number of benzene rings is 1. The van der Waals surface area contributed by atoms with Crippen molar-refractivity contribution in [2.24, 2.45) is 5.41 Å². The third kappa shape index (κ3) is 5.28. The molecular formula is C16H25ClN2O3S. The number of halogens is 1. The first-order valence-corrected chi connectivity index (χ1v) is 9.18. The highest BCUT2D eigenvalue weighted by Crippen LogP contribution is 2.27. The lowest BCUT2D eigenvalue weighted by atomic mass is 9.81. The van der Waals surface area contributed by atoms with Gasteiger partial charge in [-0.25, -0.2) is 13.1 Å². The minimum absolute atomic E-state index is 0. The van der Waals surface area contributed by atoms with Crippen molar-refractivity contribution in [1.29, 1.82) is 0 Å². The molecule has 5 nitrogen and oxygen atoms in total. The van der Waals surface area contributed by atoms with Gasteiger partial charge in [-0.3, -0.25) is 4.79 Å². The Morgan fingerprint density at radius 2 is 1.96 bits per heavy atom. The smallest absolute Gasteiger partial charge is 0.240 e. The summed E-state index contributed by atoms with van der Waals surface area (Å²) in [4.78, 5) is 11.9. The second-order valence-electron chi connectivity index (χ2n) is 6.19. The maximum Gasteiger partial charge on any atom is 0.240 e. The van der Waals surface area contributed by atoms with Gasteiger partial charge in [0.1, 0.15) is 0 Å². The summed E-state index contributed by atoms with van der Waals surface area (Å²) < 4.78 is 27.6. The average Bonchev–Trinajstić information content (AvgIpc) is 2.53. The molecule has 1 heterocycles. The number of carbonyl (C=O) groups excluding carboxylic acids is 1. The van der Waals surface area contributed by atoms with E-state index in [1.165, 1.54) is 12.1 Å². The lowest BCUT2D eigenvalue weighted by Crippen LogP contribution is -2.42.